The van der Waals surface area contributed by atoms with E-state index in [2.05, 4.69) is 52.6 Å². The van der Waals surface area contributed by atoms with Crippen molar-refractivity contribution in [2.24, 2.45) is 0 Å². The second-order valence-electron chi connectivity index (χ2n) is 8.83. The number of ether oxygens (including phenoxy) is 1. The number of anilines is 1. The molecule has 1 aromatic carbocycles. The third kappa shape index (κ3) is 2.98. The molecule has 0 amide bonds. The van der Waals surface area contributed by atoms with Gasteiger partial charge in [-0.15, -0.1) is 0 Å². The van der Waals surface area contributed by atoms with E-state index in [0.29, 0.717) is 30.6 Å². The summed E-state index contributed by atoms with van der Waals surface area (Å²) in [5.74, 6) is 3.18. The molecule has 2 bridgehead atoms. The number of hydrogen-bond donors (Lipinski definition) is 1. The summed E-state index contributed by atoms with van der Waals surface area (Å²) in [6.45, 7) is 2.41. The Morgan fingerprint density at radius 1 is 1.07 bits per heavy atom. The second-order valence-corrected chi connectivity index (χ2v) is 8.83. The van der Waals surface area contributed by atoms with Crippen LogP contribution in [0.15, 0.2) is 40.9 Å². The molecule has 3 aliphatic rings. The van der Waals surface area contributed by atoms with Crippen molar-refractivity contribution in [2.45, 2.75) is 57.3 Å². The molecular weight excluding hydrogens is 376 g/mol. The molecule has 1 unspecified atom stereocenters. The average Bonchev–Trinajstić information content (AvgIpc) is 3.36. The first-order chi connectivity index (χ1) is 14.6. The standard InChI is InChI=1S/C24H26N4O2/c1-14-12-25-23(30-14)15-3-6-20-16(9-15)13-29-24-21(20)7-8-22(27-24)28(2)19-10-17-4-5-18(11-19)26-17/h3,6-9,12,17-19,26H,4-5,10-11,13H2,1-2H3/t17-,18+,19?. The first kappa shape index (κ1) is 18.0. The zero-order valence-electron chi connectivity index (χ0n) is 17.4. The predicted octanol–water partition coefficient (Wildman–Crippen LogP) is 4.32. The van der Waals surface area contributed by atoms with Crippen molar-refractivity contribution in [1.82, 2.24) is 15.3 Å². The molecule has 1 N–H and O–H groups in total. The van der Waals surface area contributed by atoms with E-state index in [0.717, 1.165) is 34.1 Å². The fourth-order valence-corrected chi connectivity index (χ4v) is 5.22. The Labute approximate surface area is 176 Å². The number of aryl methyl sites for hydroxylation is 1. The van der Waals surface area contributed by atoms with Crippen molar-refractivity contribution in [3.63, 3.8) is 0 Å². The first-order valence-electron chi connectivity index (χ1n) is 10.8. The van der Waals surface area contributed by atoms with E-state index >= 15 is 0 Å². The number of oxazole rings is 1. The fourth-order valence-electron chi connectivity index (χ4n) is 5.22. The lowest BCUT2D eigenvalue weighted by atomic mass is 9.96. The van der Waals surface area contributed by atoms with Crippen molar-refractivity contribution in [3.05, 3.63) is 47.9 Å². The Kier molecular flexibility index (Phi) is 4.09. The molecule has 3 aromatic rings. The maximum atomic E-state index is 6.08. The maximum absolute atomic E-state index is 6.08. The lowest BCUT2D eigenvalue weighted by Gasteiger charge is -2.36. The van der Waals surface area contributed by atoms with Gasteiger partial charge < -0.3 is 19.4 Å². The third-order valence-electron chi connectivity index (χ3n) is 6.83. The lowest BCUT2D eigenvalue weighted by molar-refractivity contribution is 0.289. The van der Waals surface area contributed by atoms with Gasteiger partial charge in [0.05, 0.1) is 6.20 Å². The van der Waals surface area contributed by atoms with E-state index in [9.17, 15) is 0 Å². The van der Waals surface area contributed by atoms with Gasteiger partial charge in [0.15, 0.2) is 0 Å². The van der Waals surface area contributed by atoms with Crippen LogP contribution < -0.4 is 15.0 Å². The Morgan fingerprint density at radius 2 is 1.87 bits per heavy atom. The molecular formula is C24H26N4O2. The zero-order valence-corrected chi connectivity index (χ0v) is 17.4. The minimum atomic E-state index is 0.507. The highest BCUT2D eigenvalue weighted by Crippen LogP contribution is 2.40. The van der Waals surface area contributed by atoms with Gasteiger partial charge in [-0.25, -0.2) is 4.98 Å². The van der Waals surface area contributed by atoms with E-state index in [1.807, 2.05) is 6.92 Å². The normalized spacial score (nSPS) is 24.1. The van der Waals surface area contributed by atoms with Crippen molar-refractivity contribution in [1.29, 1.82) is 0 Å². The molecule has 3 aliphatic heterocycles. The van der Waals surface area contributed by atoms with Gasteiger partial charge in [-0.2, -0.15) is 4.98 Å². The van der Waals surface area contributed by atoms with E-state index in [1.165, 1.54) is 31.2 Å². The van der Waals surface area contributed by atoms with Gasteiger partial charge in [0.25, 0.3) is 0 Å². The number of rotatable bonds is 3. The Morgan fingerprint density at radius 3 is 2.63 bits per heavy atom. The quantitative estimate of drug-likeness (QED) is 0.704. The van der Waals surface area contributed by atoms with Crippen LogP contribution in [0.2, 0.25) is 0 Å². The lowest BCUT2D eigenvalue weighted by Crippen LogP contribution is -2.47. The molecule has 154 valence electrons. The van der Waals surface area contributed by atoms with Crippen LogP contribution in [0.3, 0.4) is 0 Å². The minimum absolute atomic E-state index is 0.507. The number of aromatic nitrogens is 2. The second kappa shape index (κ2) is 6.84. The number of pyridine rings is 1. The molecule has 0 radical (unpaired) electrons. The highest BCUT2D eigenvalue weighted by atomic mass is 16.5. The number of hydrogen-bond acceptors (Lipinski definition) is 6. The molecule has 3 atom stereocenters. The number of benzene rings is 1. The Bertz CT molecular complexity index is 1100. The van der Waals surface area contributed by atoms with Crippen molar-refractivity contribution in [3.8, 4) is 28.5 Å². The van der Waals surface area contributed by atoms with Crippen LogP contribution in [0.5, 0.6) is 5.88 Å². The molecule has 6 rings (SSSR count). The number of nitrogens with zero attached hydrogens (tertiary/aromatic N) is 3. The fraction of sp³-hybridized carbons (Fsp3) is 0.417. The summed E-state index contributed by atoms with van der Waals surface area (Å²) < 4.78 is 11.8. The van der Waals surface area contributed by atoms with E-state index < -0.39 is 0 Å². The van der Waals surface area contributed by atoms with Gasteiger partial charge in [-0.1, -0.05) is 6.07 Å². The van der Waals surface area contributed by atoms with Crippen LogP contribution in [-0.2, 0) is 6.61 Å². The van der Waals surface area contributed by atoms with Gasteiger partial charge in [0, 0.05) is 36.3 Å². The van der Waals surface area contributed by atoms with Crippen LogP contribution in [0, 0.1) is 6.92 Å². The molecule has 0 saturated carbocycles. The minimum Gasteiger partial charge on any atom is -0.472 e. The Hall–Kier alpha value is -2.86. The zero-order chi connectivity index (χ0) is 20.2. The molecule has 5 heterocycles. The molecule has 2 saturated heterocycles. The SMILES string of the molecule is Cc1cnc(-c2ccc3c(c2)COc2nc(N(C)C4C[C@H]5CC[C@@H](C4)N5)ccc2-3)o1. The predicted molar refractivity (Wildman–Crippen MR) is 116 cm³/mol. The molecule has 0 aliphatic carbocycles. The van der Waals surface area contributed by atoms with Gasteiger partial charge >= 0.3 is 0 Å². The molecule has 0 spiro atoms. The molecule has 30 heavy (non-hydrogen) atoms. The topological polar surface area (TPSA) is 63.4 Å². The largest absolute Gasteiger partial charge is 0.472 e. The van der Waals surface area contributed by atoms with E-state index in [4.69, 9.17) is 14.1 Å². The summed E-state index contributed by atoms with van der Waals surface area (Å²) >= 11 is 0. The summed E-state index contributed by atoms with van der Waals surface area (Å²) in [7, 11) is 2.17. The van der Waals surface area contributed by atoms with Gasteiger partial charge in [-0.05, 0) is 68.0 Å². The van der Waals surface area contributed by atoms with Crippen molar-refractivity contribution >= 4 is 5.82 Å². The molecule has 2 aromatic heterocycles. The summed E-state index contributed by atoms with van der Waals surface area (Å²) in [5.41, 5.74) is 4.33. The smallest absolute Gasteiger partial charge is 0.226 e. The average molecular weight is 402 g/mol. The molecule has 2 fully saturated rings. The van der Waals surface area contributed by atoms with Gasteiger partial charge in [0.2, 0.25) is 11.8 Å². The number of piperidine rings is 1. The van der Waals surface area contributed by atoms with Crippen LogP contribution in [-0.4, -0.2) is 35.1 Å². The summed E-state index contributed by atoms with van der Waals surface area (Å²) in [4.78, 5) is 11.6. The van der Waals surface area contributed by atoms with Crippen molar-refractivity contribution in [2.75, 3.05) is 11.9 Å². The Balaban J connectivity index is 1.28. The highest BCUT2D eigenvalue weighted by molar-refractivity contribution is 5.77. The van der Waals surface area contributed by atoms with E-state index in [-0.39, 0.29) is 0 Å². The highest BCUT2D eigenvalue weighted by Gasteiger charge is 2.35. The van der Waals surface area contributed by atoms with Gasteiger partial charge in [0.1, 0.15) is 18.2 Å². The maximum Gasteiger partial charge on any atom is 0.226 e. The first-order valence-corrected chi connectivity index (χ1v) is 10.8. The molecule has 6 nitrogen and oxygen atoms in total. The summed E-state index contributed by atoms with van der Waals surface area (Å²) in [6, 6.07) is 12.4. The van der Waals surface area contributed by atoms with Gasteiger partial charge in [-0.3, -0.25) is 0 Å². The number of fused-ring (bicyclic) bond motifs is 5. The van der Waals surface area contributed by atoms with E-state index in [1.54, 1.807) is 6.20 Å². The summed E-state index contributed by atoms with van der Waals surface area (Å²) in [6.07, 6.45) is 6.75. The monoisotopic (exact) mass is 402 g/mol. The van der Waals surface area contributed by atoms with Crippen LogP contribution >= 0.6 is 0 Å². The van der Waals surface area contributed by atoms with Crippen LogP contribution in [0.4, 0.5) is 5.82 Å². The number of nitrogens with one attached hydrogen (secondary N) is 1. The third-order valence-corrected chi connectivity index (χ3v) is 6.83. The van der Waals surface area contributed by atoms with Crippen LogP contribution in [0.25, 0.3) is 22.6 Å². The van der Waals surface area contributed by atoms with Crippen LogP contribution in [0.1, 0.15) is 37.0 Å². The van der Waals surface area contributed by atoms with Crippen molar-refractivity contribution < 1.29 is 9.15 Å². The summed E-state index contributed by atoms with van der Waals surface area (Å²) in [5, 5.41) is 3.72. The molecule has 6 heteroatoms.